The van der Waals surface area contributed by atoms with Crippen LogP contribution in [0.3, 0.4) is 0 Å². The van der Waals surface area contributed by atoms with Gasteiger partial charge in [0.05, 0.1) is 31.4 Å². The maximum Gasteiger partial charge on any atom is 0.418 e. The second kappa shape index (κ2) is 14.6. The van der Waals surface area contributed by atoms with Crippen molar-refractivity contribution >= 4 is 56.3 Å². The second-order valence-corrected chi connectivity index (χ2v) is 14.6. The molecule has 0 bridgehead atoms. The Kier molecular flexibility index (Phi) is 10.7. The summed E-state index contributed by atoms with van der Waals surface area (Å²) in [4.78, 5) is 52.9. The smallest absolute Gasteiger partial charge is 0.418 e. The highest BCUT2D eigenvalue weighted by molar-refractivity contribution is 7.80. The first kappa shape index (κ1) is 38.2. The number of hydrogen-bond donors (Lipinski definition) is 7. The molecule has 2 amide bonds. The number of amides is 2. The number of carbonyl (C=O) groups excluding carboxylic acids is 2. The standard InChI is InChI=1S/C30H37N9O11S2/c1-29(2)23(25(42)39(29)50-52(45,46)47)36-24(41)22(19-14-51-27(32)35-19)37-49-30(3,26(43)44)21-8-6-16-9-15(5-7-20(16)48-21)17-11-33-28(38(4)13-17)34-12-18(40)10-31/h5,7,9,11,13-14,18,21,23,40H,6,8,10,12,31H2,1-4H3,(H5,32,35,36,41,43,44,45,46,47)/p+1/b37-22-/t18-,21+,23?,30-/m0/s1. The van der Waals surface area contributed by atoms with E-state index in [-0.39, 0.29) is 30.3 Å². The van der Waals surface area contributed by atoms with Crippen molar-refractivity contribution in [2.75, 3.05) is 24.1 Å². The Morgan fingerprint density at radius 3 is 2.65 bits per heavy atom. The SMILES string of the molecule is C[n+]1cc(-c2ccc3c(c2)CC[C@H]([C@](C)(O/N=C(\C(=O)NC2C(=O)N(OS(=O)(=O)O)C2(C)C)c2csc(N)n2)C(=O)O)O3)cnc1NC[C@@H](O)CN. The summed E-state index contributed by atoms with van der Waals surface area (Å²) >= 11 is 0.959. The third-order valence-electron chi connectivity index (χ3n) is 8.57. The molecule has 2 aromatic heterocycles. The van der Waals surface area contributed by atoms with Gasteiger partial charge in [0, 0.05) is 17.5 Å². The first-order valence-electron chi connectivity index (χ1n) is 15.6. The molecule has 9 N–H and O–H groups in total. The predicted molar refractivity (Wildman–Crippen MR) is 183 cm³/mol. The number of nitrogen functional groups attached to an aromatic ring is 1. The Labute approximate surface area is 301 Å². The Bertz CT molecular complexity index is 2020. The van der Waals surface area contributed by atoms with Crippen LogP contribution >= 0.6 is 11.3 Å². The van der Waals surface area contributed by atoms with E-state index in [0.29, 0.717) is 23.2 Å². The number of ether oxygens (including phenoxy) is 1. The van der Waals surface area contributed by atoms with Crippen molar-refractivity contribution in [3.05, 3.63) is 47.2 Å². The number of nitrogens with one attached hydrogen (secondary N) is 2. The lowest BCUT2D eigenvalue weighted by Gasteiger charge is -2.50. The van der Waals surface area contributed by atoms with E-state index >= 15 is 0 Å². The first-order valence-corrected chi connectivity index (χ1v) is 17.9. The number of rotatable bonds is 14. The molecule has 1 aromatic carbocycles. The van der Waals surface area contributed by atoms with Crippen LogP contribution in [0.5, 0.6) is 5.75 Å². The number of oxime groups is 1. The van der Waals surface area contributed by atoms with E-state index in [1.54, 1.807) is 29.9 Å². The quantitative estimate of drug-likeness (QED) is 0.0346. The Morgan fingerprint density at radius 2 is 2.06 bits per heavy atom. The summed E-state index contributed by atoms with van der Waals surface area (Å²) in [7, 11) is -3.24. The van der Waals surface area contributed by atoms with E-state index in [9.17, 15) is 33.0 Å². The number of β-lactam (4-membered cyclic amide) rings is 1. The molecule has 52 heavy (non-hydrogen) atoms. The van der Waals surface area contributed by atoms with Crippen LogP contribution in [0.4, 0.5) is 11.1 Å². The zero-order chi connectivity index (χ0) is 38.2. The number of anilines is 2. The highest BCUT2D eigenvalue weighted by Gasteiger charge is 2.58. The third kappa shape index (κ3) is 7.90. The minimum absolute atomic E-state index is 0.0513. The molecular weight excluding hydrogens is 727 g/mol. The van der Waals surface area contributed by atoms with E-state index in [2.05, 4.69) is 30.0 Å². The Morgan fingerprint density at radius 1 is 1.33 bits per heavy atom. The number of hydrogen-bond acceptors (Lipinski definition) is 16. The first-order chi connectivity index (χ1) is 24.3. The van der Waals surface area contributed by atoms with Crippen LogP contribution in [0.15, 0.2) is 41.1 Å². The number of nitrogens with two attached hydrogens (primary N) is 2. The van der Waals surface area contributed by atoms with Gasteiger partial charge in [-0.3, -0.25) is 19.5 Å². The minimum atomic E-state index is -5.04. The monoisotopic (exact) mass is 764 g/mol. The number of benzene rings is 1. The number of aromatic nitrogens is 3. The summed E-state index contributed by atoms with van der Waals surface area (Å²) in [5, 5.41) is 31.2. The van der Waals surface area contributed by atoms with Crippen LogP contribution in [0.1, 0.15) is 38.4 Å². The van der Waals surface area contributed by atoms with Gasteiger partial charge < -0.3 is 36.6 Å². The molecule has 0 spiro atoms. The Hall–Kier alpha value is -5.00. The summed E-state index contributed by atoms with van der Waals surface area (Å²) < 4.78 is 43.6. The van der Waals surface area contributed by atoms with Gasteiger partial charge in [-0.05, 0) is 56.9 Å². The summed E-state index contributed by atoms with van der Waals surface area (Å²) in [6.07, 6.45) is 2.33. The summed E-state index contributed by atoms with van der Waals surface area (Å²) in [5.74, 6) is -2.52. The number of carboxylic acids is 1. The zero-order valence-corrected chi connectivity index (χ0v) is 30.0. The fraction of sp³-hybridized carbons (Fsp3) is 0.433. The number of hydroxylamine groups is 2. The maximum absolute atomic E-state index is 13.5. The molecular formula is C30H38N9O11S2+. The molecule has 2 aliphatic rings. The van der Waals surface area contributed by atoms with Crippen LogP contribution in [0.2, 0.25) is 0 Å². The fourth-order valence-electron chi connectivity index (χ4n) is 5.49. The largest absolute Gasteiger partial charge is 0.485 e. The highest BCUT2D eigenvalue weighted by atomic mass is 32.3. The highest BCUT2D eigenvalue weighted by Crippen LogP contribution is 2.37. The molecule has 4 atom stereocenters. The topological polar surface area (TPSA) is 295 Å². The molecule has 0 saturated carbocycles. The number of aliphatic hydroxyl groups excluding tert-OH is 1. The molecule has 20 nitrogen and oxygen atoms in total. The summed E-state index contributed by atoms with van der Waals surface area (Å²) in [6.45, 7) is 4.32. The predicted octanol–water partition coefficient (Wildman–Crippen LogP) is -0.859. The molecule has 0 radical (unpaired) electrons. The normalized spacial score (nSPS) is 20.1. The third-order valence-corrected chi connectivity index (χ3v) is 9.58. The van der Waals surface area contributed by atoms with Gasteiger partial charge >= 0.3 is 22.3 Å². The molecule has 0 aliphatic carbocycles. The van der Waals surface area contributed by atoms with Crippen molar-refractivity contribution in [1.82, 2.24) is 20.3 Å². The van der Waals surface area contributed by atoms with Crippen molar-refractivity contribution in [3.8, 4) is 16.9 Å². The number of thiazole rings is 1. The number of carbonyl (C=O) groups is 3. The average molecular weight is 765 g/mol. The lowest BCUT2D eigenvalue weighted by molar-refractivity contribution is -0.659. The van der Waals surface area contributed by atoms with Crippen molar-refractivity contribution < 1.29 is 56.0 Å². The number of aliphatic carboxylic acids is 1. The summed E-state index contributed by atoms with van der Waals surface area (Å²) in [5.41, 5.74) is 9.46. The lowest BCUT2D eigenvalue weighted by Crippen LogP contribution is -2.76. The second-order valence-electron chi connectivity index (χ2n) is 12.7. The fourth-order valence-corrected chi connectivity index (χ4v) is 6.49. The number of aryl methyl sites for hydroxylation is 2. The van der Waals surface area contributed by atoms with Crippen LogP contribution in [0.25, 0.3) is 11.1 Å². The number of carboxylic acid groups (broad SMARTS) is 1. The molecule has 280 valence electrons. The molecule has 3 aromatic rings. The van der Waals surface area contributed by atoms with E-state index in [0.717, 1.165) is 28.0 Å². The Balaban J connectivity index is 1.34. The van der Waals surface area contributed by atoms with Gasteiger partial charge in [-0.15, -0.1) is 15.6 Å². The molecule has 2 aliphatic heterocycles. The van der Waals surface area contributed by atoms with Crippen molar-refractivity contribution in [2.24, 2.45) is 17.9 Å². The van der Waals surface area contributed by atoms with Crippen molar-refractivity contribution in [2.45, 2.75) is 63.0 Å². The van der Waals surface area contributed by atoms with Gasteiger partial charge in [0.1, 0.15) is 23.7 Å². The number of nitrogens with zero attached hydrogens (tertiary/aromatic N) is 5. The molecule has 22 heteroatoms. The van der Waals surface area contributed by atoms with Crippen molar-refractivity contribution in [3.63, 3.8) is 0 Å². The van der Waals surface area contributed by atoms with E-state index in [4.69, 9.17) is 25.6 Å². The van der Waals surface area contributed by atoms with Gasteiger partial charge in [0.25, 0.3) is 17.4 Å². The molecule has 1 unspecified atom stereocenters. The summed E-state index contributed by atoms with van der Waals surface area (Å²) in [6, 6.07) is 4.06. The van der Waals surface area contributed by atoms with Gasteiger partial charge in [-0.1, -0.05) is 16.2 Å². The van der Waals surface area contributed by atoms with Gasteiger partial charge in [-0.2, -0.15) is 13.5 Å². The van der Waals surface area contributed by atoms with Crippen LogP contribution < -0.4 is 31.4 Å². The minimum Gasteiger partial charge on any atom is -0.485 e. The molecule has 1 saturated heterocycles. The lowest BCUT2D eigenvalue weighted by atomic mass is 9.84. The van der Waals surface area contributed by atoms with E-state index < -0.39 is 63.3 Å². The molecule has 1 fully saturated rings. The van der Waals surface area contributed by atoms with Crippen LogP contribution in [-0.4, -0.2) is 104 Å². The number of aliphatic hydroxyl groups is 1. The van der Waals surface area contributed by atoms with Gasteiger partial charge in [-0.25, -0.2) is 14.3 Å². The number of fused-ring (bicyclic) bond motifs is 1. The molecule has 5 rings (SSSR count). The van der Waals surface area contributed by atoms with Crippen molar-refractivity contribution in [1.29, 1.82) is 0 Å². The maximum atomic E-state index is 13.5. The van der Waals surface area contributed by atoms with Crippen LogP contribution in [0, 0.1) is 0 Å². The van der Waals surface area contributed by atoms with Gasteiger partial charge in [0.15, 0.2) is 16.9 Å². The van der Waals surface area contributed by atoms with Gasteiger partial charge in [0.2, 0.25) is 0 Å². The van der Waals surface area contributed by atoms with E-state index in [1.165, 1.54) is 26.2 Å². The molecule has 4 heterocycles. The average Bonchev–Trinajstić information content (AvgIpc) is 3.53. The zero-order valence-electron chi connectivity index (χ0n) is 28.3. The van der Waals surface area contributed by atoms with Crippen LogP contribution in [-0.2, 0) is 47.4 Å². The van der Waals surface area contributed by atoms with E-state index in [1.807, 2.05) is 12.3 Å².